The minimum atomic E-state index is -6.00. The Morgan fingerprint density at radius 1 is 0.870 bits per heavy atom. The molecule has 0 aromatic heterocycles. The number of nitrogens with one attached hydrogen (secondary N) is 1. The molecule has 2 nitrogen and oxygen atoms in total. The molecule has 13 heteroatoms. The molecule has 23 heavy (non-hydrogen) atoms. The van der Waals surface area contributed by atoms with Gasteiger partial charge >= 0.3 is 25.5 Å². The van der Waals surface area contributed by atoms with Gasteiger partial charge in [-0.05, 0) is 12.8 Å². The maximum atomic E-state index is 13.4. The fourth-order valence-corrected chi connectivity index (χ4v) is 2.00. The lowest BCUT2D eigenvalue weighted by atomic mass is 10.2. The molecule has 0 aromatic rings. The third-order valence-electron chi connectivity index (χ3n) is 3.24. The number of rotatable bonds is 5. The number of hydrogen-bond donors (Lipinski definition) is 1. The van der Waals surface area contributed by atoms with E-state index in [0.29, 0.717) is 19.9 Å². The van der Waals surface area contributed by atoms with Crippen molar-refractivity contribution in [1.82, 2.24) is 4.90 Å². The second-order valence-corrected chi connectivity index (χ2v) is 5.00. The average Bonchev–Trinajstić information content (AvgIpc) is 2.42. The van der Waals surface area contributed by atoms with Gasteiger partial charge in [0, 0.05) is 7.05 Å². The molecule has 1 rings (SSSR count). The average molecular weight is 366 g/mol. The van der Waals surface area contributed by atoms with Crippen molar-refractivity contribution in [3.63, 3.8) is 0 Å². The number of nitrogens with zero attached hydrogens (tertiary/aromatic N) is 1. The van der Waals surface area contributed by atoms with Crippen molar-refractivity contribution in [1.29, 1.82) is 0 Å². The molecule has 1 aliphatic rings. The smallest absolute Gasteiger partial charge is 0.418 e. The number of hydrogen-bond acceptors (Lipinski definition) is 1. The Bertz CT molecular complexity index is 367. The highest BCUT2D eigenvalue weighted by atomic mass is 19.5. The minimum absolute atomic E-state index is 0.0677. The first kappa shape index (κ1) is 22.3. The third-order valence-corrected chi connectivity index (χ3v) is 3.24. The van der Waals surface area contributed by atoms with Crippen LogP contribution in [0, 0.1) is 0 Å². The molecule has 0 aromatic carbocycles. The van der Waals surface area contributed by atoms with E-state index in [4.69, 9.17) is 0 Å². The van der Waals surface area contributed by atoms with Crippen LogP contribution in [0.1, 0.15) is 32.6 Å². The van der Waals surface area contributed by atoms with Crippen LogP contribution in [0.4, 0.5) is 43.6 Å². The van der Waals surface area contributed by atoms with Crippen LogP contribution in [0.25, 0.3) is 0 Å². The number of halogens is 10. The summed E-state index contributed by atoms with van der Waals surface area (Å²) in [6, 6.07) is -9.62. The van der Waals surface area contributed by atoms with Gasteiger partial charge in [0.2, 0.25) is 0 Å². The summed E-state index contributed by atoms with van der Waals surface area (Å²) in [6.45, 7) is 1.19. The number of likely N-dealkylation sites (N-methyl/N-ethyl adjacent to an activating group) is 1. The quantitative estimate of drug-likeness (QED) is 0.339. The second-order valence-electron chi connectivity index (χ2n) is 5.00. The zero-order valence-corrected chi connectivity index (χ0v) is 12.3. The highest BCUT2D eigenvalue weighted by Crippen LogP contribution is 2.42. The molecule has 0 aliphatic carbocycles. The first-order valence-corrected chi connectivity index (χ1v) is 6.71. The van der Waals surface area contributed by atoms with Gasteiger partial charge in [0.15, 0.2) is 0 Å². The standard InChI is InChI=1S/C10H16F6N2.BF4/c1-3-4-5-6-7-18-9(13,14)8(11,12)17(2)10(18,15)16;2-1(3,4)5/h3-7H2,1-2H3;/q;-1/p+1. The summed E-state index contributed by atoms with van der Waals surface area (Å²) in [4.78, 5) is -2.51. The van der Waals surface area contributed by atoms with E-state index in [1.54, 1.807) is 0 Å². The maximum absolute atomic E-state index is 13.4. The normalized spacial score (nSPS) is 25.8. The number of unbranched alkanes of at least 4 members (excludes halogenated alkanes) is 3. The third kappa shape index (κ3) is 5.40. The number of alkyl halides is 6. The van der Waals surface area contributed by atoms with E-state index in [1.165, 1.54) is 0 Å². The lowest BCUT2D eigenvalue weighted by Gasteiger charge is -2.23. The topological polar surface area (TPSA) is 7.68 Å². The van der Waals surface area contributed by atoms with Crippen LogP contribution in [0.15, 0.2) is 0 Å². The van der Waals surface area contributed by atoms with Crippen molar-refractivity contribution < 1.29 is 48.5 Å². The Balaban J connectivity index is 0.000000841. The highest BCUT2D eigenvalue weighted by Gasteiger charge is 2.84. The van der Waals surface area contributed by atoms with Gasteiger partial charge < -0.3 is 17.3 Å². The van der Waals surface area contributed by atoms with Gasteiger partial charge in [-0.1, -0.05) is 19.8 Å². The second kappa shape index (κ2) is 7.45. The first-order chi connectivity index (χ1) is 10.1. The SMILES string of the molecule is CCCCCC[NH+]1C(F)(F)N(C)C(F)(F)C1(F)F.F[B-](F)(F)F. The maximum Gasteiger partial charge on any atom is 0.673 e. The monoisotopic (exact) mass is 366 g/mol. The predicted molar refractivity (Wildman–Crippen MR) is 62.8 cm³/mol. The van der Waals surface area contributed by atoms with Gasteiger partial charge in [0.1, 0.15) is 0 Å². The van der Waals surface area contributed by atoms with Crippen molar-refractivity contribution in [3.05, 3.63) is 0 Å². The van der Waals surface area contributed by atoms with Crippen molar-refractivity contribution in [2.75, 3.05) is 13.6 Å². The number of quaternary nitrogens is 1. The van der Waals surface area contributed by atoms with Crippen LogP contribution < -0.4 is 4.90 Å². The summed E-state index contributed by atoms with van der Waals surface area (Å²) in [7, 11) is -5.69. The van der Waals surface area contributed by atoms with Gasteiger partial charge in [0.05, 0.1) is 6.54 Å². The molecule has 1 aliphatic heterocycles. The van der Waals surface area contributed by atoms with Crippen molar-refractivity contribution in [3.8, 4) is 0 Å². The van der Waals surface area contributed by atoms with E-state index in [0.717, 1.165) is 6.42 Å². The zero-order chi connectivity index (χ0) is 18.7. The van der Waals surface area contributed by atoms with E-state index in [2.05, 4.69) is 0 Å². The molecule has 0 saturated carbocycles. The van der Waals surface area contributed by atoms with Crippen molar-refractivity contribution >= 4 is 7.25 Å². The molecular formula is C10H17BF10N2. The molecule has 0 radical (unpaired) electrons. The molecule has 1 N–H and O–H groups in total. The molecule has 0 bridgehead atoms. The molecule has 140 valence electrons. The Kier molecular flexibility index (Phi) is 7.22. The van der Waals surface area contributed by atoms with E-state index in [9.17, 15) is 43.6 Å². The van der Waals surface area contributed by atoms with E-state index < -0.39 is 41.9 Å². The summed E-state index contributed by atoms with van der Waals surface area (Å²) in [5.41, 5.74) is 0. The largest absolute Gasteiger partial charge is 0.673 e. The summed E-state index contributed by atoms with van der Waals surface area (Å²) >= 11 is 0. The lowest BCUT2D eigenvalue weighted by molar-refractivity contribution is -1.05. The van der Waals surface area contributed by atoms with Crippen LogP contribution in [0.5, 0.6) is 0 Å². The van der Waals surface area contributed by atoms with Crippen LogP contribution >= 0.6 is 0 Å². The molecule has 1 saturated heterocycles. The minimum Gasteiger partial charge on any atom is -0.418 e. The van der Waals surface area contributed by atoms with Crippen molar-refractivity contribution in [2.24, 2.45) is 0 Å². The Morgan fingerprint density at radius 3 is 1.61 bits per heavy atom. The Labute approximate surface area is 126 Å². The van der Waals surface area contributed by atoms with Gasteiger partial charge in [-0.15, -0.1) is 22.5 Å². The fourth-order valence-electron chi connectivity index (χ4n) is 2.00. The molecule has 1 unspecified atom stereocenters. The summed E-state index contributed by atoms with van der Waals surface area (Å²) in [5.74, 6) is 0. The molecular weight excluding hydrogens is 349 g/mol. The molecule has 1 heterocycles. The van der Waals surface area contributed by atoms with E-state index >= 15 is 0 Å². The summed E-state index contributed by atoms with van der Waals surface area (Å²) in [6.07, 6.45) is -2.21. The van der Waals surface area contributed by atoms with Crippen LogP contribution in [0.3, 0.4) is 0 Å². The van der Waals surface area contributed by atoms with Crippen LogP contribution in [-0.4, -0.2) is 44.0 Å². The Morgan fingerprint density at radius 2 is 1.30 bits per heavy atom. The summed E-state index contributed by atoms with van der Waals surface area (Å²) in [5, 5.41) is 0. The molecule has 0 spiro atoms. The van der Waals surface area contributed by atoms with Crippen LogP contribution in [0.2, 0.25) is 0 Å². The zero-order valence-electron chi connectivity index (χ0n) is 12.3. The Hall–Kier alpha value is -0.715. The van der Waals surface area contributed by atoms with Gasteiger partial charge in [-0.25, -0.2) is 0 Å². The molecule has 0 amide bonds. The van der Waals surface area contributed by atoms with Crippen LogP contribution in [-0.2, 0) is 0 Å². The van der Waals surface area contributed by atoms with Gasteiger partial charge in [-0.2, -0.15) is 13.7 Å². The van der Waals surface area contributed by atoms with Gasteiger partial charge in [0.25, 0.3) is 0 Å². The van der Waals surface area contributed by atoms with Crippen molar-refractivity contribution in [2.45, 2.75) is 50.9 Å². The van der Waals surface area contributed by atoms with E-state index in [1.807, 2.05) is 6.92 Å². The summed E-state index contributed by atoms with van der Waals surface area (Å²) < 4.78 is 119. The lowest BCUT2D eigenvalue weighted by Crippen LogP contribution is -3.23. The highest BCUT2D eigenvalue weighted by molar-refractivity contribution is 6.50. The first-order valence-electron chi connectivity index (χ1n) is 6.71. The van der Waals surface area contributed by atoms with Gasteiger partial charge in [-0.3, -0.25) is 0 Å². The molecule has 1 atom stereocenters. The van der Waals surface area contributed by atoms with E-state index in [-0.39, 0.29) is 6.42 Å². The molecule has 1 fully saturated rings. The predicted octanol–water partition coefficient (Wildman–Crippen LogP) is 3.43. The fraction of sp³-hybridized carbons (Fsp3) is 1.00.